The maximum Gasteiger partial charge on any atom is 0.106 e. The van der Waals surface area contributed by atoms with Crippen LogP contribution in [0.1, 0.15) is 32.4 Å². The smallest absolute Gasteiger partial charge is 0.106 e. The van der Waals surface area contributed by atoms with Crippen LogP contribution in [-0.2, 0) is 0 Å². The van der Waals surface area contributed by atoms with Crippen LogP contribution < -0.4 is 5.32 Å². The third-order valence-electron chi connectivity index (χ3n) is 3.40. The summed E-state index contributed by atoms with van der Waals surface area (Å²) in [4.78, 5) is 6.82. The summed E-state index contributed by atoms with van der Waals surface area (Å²) in [6.07, 6.45) is 1.89. The van der Waals surface area contributed by atoms with Crippen LogP contribution in [0.4, 0.5) is 0 Å². The van der Waals surface area contributed by atoms with Gasteiger partial charge in [0.05, 0.1) is 0 Å². The Morgan fingerprint density at radius 3 is 2.56 bits per heavy atom. The van der Waals surface area contributed by atoms with Gasteiger partial charge in [-0.25, -0.2) is 4.98 Å². The number of nitrogens with one attached hydrogen (secondary N) is 1. The zero-order valence-electron chi connectivity index (χ0n) is 11.4. The van der Waals surface area contributed by atoms with E-state index < -0.39 is 0 Å². The Labute approximate surface area is 118 Å². The average Bonchev–Trinajstić information content (AvgIpc) is 2.28. The van der Waals surface area contributed by atoms with Gasteiger partial charge >= 0.3 is 0 Å². The highest BCUT2D eigenvalue weighted by Crippen LogP contribution is 2.38. The molecule has 1 aliphatic heterocycles. The van der Waals surface area contributed by atoms with Crippen molar-refractivity contribution in [3.05, 3.63) is 28.5 Å². The average molecular weight is 312 g/mol. The zero-order chi connectivity index (χ0) is 13.2. The molecule has 1 aromatic heterocycles. The molecule has 18 heavy (non-hydrogen) atoms. The minimum absolute atomic E-state index is 0.220. The second kappa shape index (κ2) is 5.68. The van der Waals surface area contributed by atoms with Crippen LogP contribution in [-0.4, -0.2) is 36.1 Å². The second-order valence-electron chi connectivity index (χ2n) is 5.97. The van der Waals surface area contributed by atoms with Crippen molar-refractivity contribution >= 4 is 15.9 Å². The maximum atomic E-state index is 4.24. The third kappa shape index (κ3) is 3.31. The van der Waals surface area contributed by atoms with Crippen molar-refractivity contribution in [1.29, 1.82) is 0 Å². The quantitative estimate of drug-likeness (QED) is 0.851. The first-order chi connectivity index (χ1) is 8.48. The van der Waals surface area contributed by atoms with Gasteiger partial charge < -0.3 is 5.32 Å². The lowest BCUT2D eigenvalue weighted by atomic mass is 9.81. The lowest BCUT2D eigenvalue weighted by Crippen LogP contribution is -2.48. The first kappa shape index (κ1) is 14.0. The van der Waals surface area contributed by atoms with E-state index in [1.807, 2.05) is 6.20 Å². The molecule has 2 rings (SSSR count). The summed E-state index contributed by atoms with van der Waals surface area (Å²) in [5.41, 5.74) is 1.57. The van der Waals surface area contributed by atoms with Gasteiger partial charge in [-0.1, -0.05) is 20.8 Å². The summed E-state index contributed by atoms with van der Waals surface area (Å²) in [6, 6.07) is 4.74. The van der Waals surface area contributed by atoms with Crippen LogP contribution >= 0.6 is 15.9 Å². The molecule has 4 heteroatoms. The molecular formula is C14H22BrN3. The van der Waals surface area contributed by atoms with Crippen LogP contribution in [0.25, 0.3) is 0 Å². The molecule has 0 aromatic carbocycles. The molecule has 0 aliphatic carbocycles. The molecule has 0 saturated carbocycles. The van der Waals surface area contributed by atoms with Gasteiger partial charge in [0.1, 0.15) is 4.60 Å². The van der Waals surface area contributed by atoms with Crippen LogP contribution in [0.5, 0.6) is 0 Å². The predicted molar refractivity (Wildman–Crippen MR) is 78.6 cm³/mol. The number of nitrogens with zero attached hydrogens (tertiary/aromatic N) is 2. The van der Waals surface area contributed by atoms with E-state index >= 15 is 0 Å². The summed E-state index contributed by atoms with van der Waals surface area (Å²) < 4.78 is 0.921. The van der Waals surface area contributed by atoms with Crippen LogP contribution in [0.2, 0.25) is 0 Å². The number of halogens is 1. The monoisotopic (exact) mass is 311 g/mol. The summed E-state index contributed by atoms with van der Waals surface area (Å²) in [5.74, 6) is 0. The molecule has 0 amide bonds. The Bertz CT molecular complexity index is 394. The highest BCUT2D eigenvalue weighted by atomic mass is 79.9. The van der Waals surface area contributed by atoms with Crippen molar-refractivity contribution in [2.45, 2.75) is 26.8 Å². The predicted octanol–water partition coefficient (Wildman–Crippen LogP) is 2.84. The summed E-state index contributed by atoms with van der Waals surface area (Å²) in [5, 5.41) is 3.42. The highest BCUT2D eigenvalue weighted by molar-refractivity contribution is 9.10. The van der Waals surface area contributed by atoms with E-state index in [0.29, 0.717) is 6.04 Å². The van der Waals surface area contributed by atoms with Gasteiger partial charge in [-0.2, -0.15) is 0 Å². The van der Waals surface area contributed by atoms with E-state index in [1.54, 1.807) is 0 Å². The first-order valence-corrected chi connectivity index (χ1v) is 7.34. The van der Waals surface area contributed by atoms with Gasteiger partial charge in [0.15, 0.2) is 0 Å². The standard InChI is InChI=1S/C14H22BrN3/c1-14(2,3)13(18-8-6-16-7-9-18)11-4-5-17-12(15)10-11/h4-5,10,13,16H,6-9H2,1-3H3/t13-/m0/s1. The highest BCUT2D eigenvalue weighted by Gasteiger charge is 2.32. The molecule has 100 valence electrons. The molecule has 1 saturated heterocycles. The Morgan fingerprint density at radius 1 is 1.33 bits per heavy atom. The molecule has 1 aliphatic rings. The van der Waals surface area contributed by atoms with Gasteiger partial charge in [-0.05, 0) is 39.0 Å². The molecular weight excluding hydrogens is 290 g/mol. The van der Waals surface area contributed by atoms with Gasteiger partial charge in [-0.3, -0.25) is 4.90 Å². The lowest BCUT2D eigenvalue weighted by Gasteiger charge is -2.42. The van der Waals surface area contributed by atoms with Crippen molar-refractivity contribution in [1.82, 2.24) is 15.2 Å². The Kier molecular flexibility index (Phi) is 4.41. The van der Waals surface area contributed by atoms with Crippen LogP contribution in [0.3, 0.4) is 0 Å². The molecule has 1 N–H and O–H groups in total. The van der Waals surface area contributed by atoms with Crippen molar-refractivity contribution in [3.63, 3.8) is 0 Å². The largest absolute Gasteiger partial charge is 0.314 e. The fraction of sp³-hybridized carbons (Fsp3) is 0.643. The summed E-state index contributed by atoms with van der Waals surface area (Å²) in [6.45, 7) is 11.3. The fourth-order valence-electron chi connectivity index (χ4n) is 2.79. The van der Waals surface area contributed by atoms with Crippen molar-refractivity contribution in [2.24, 2.45) is 5.41 Å². The number of hydrogen-bond acceptors (Lipinski definition) is 3. The lowest BCUT2D eigenvalue weighted by molar-refractivity contribution is 0.0861. The SMILES string of the molecule is CC(C)(C)[C@H](c1ccnc(Br)c1)N1CCNCC1. The van der Waals surface area contributed by atoms with E-state index in [2.05, 4.69) is 64.0 Å². The minimum atomic E-state index is 0.220. The normalized spacial score (nSPS) is 19.8. The second-order valence-corrected chi connectivity index (χ2v) is 6.78. The molecule has 0 unspecified atom stereocenters. The summed E-state index contributed by atoms with van der Waals surface area (Å²) >= 11 is 3.48. The molecule has 1 aromatic rings. The third-order valence-corrected chi connectivity index (χ3v) is 3.84. The number of aromatic nitrogens is 1. The van der Waals surface area contributed by atoms with Gasteiger partial charge in [0.25, 0.3) is 0 Å². The maximum absolute atomic E-state index is 4.24. The first-order valence-electron chi connectivity index (χ1n) is 6.55. The Balaban J connectivity index is 2.30. The van der Waals surface area contributed by atoms with Gasteiger partial charge in [0, 0.05) is 38.4 Å². The van der Waals surface area contributed by atoms with Gasteiger partial charge in [-0.15, -0.1) is 0 Å². The Morgan fingerprint density at radius 2 is 2.00 bits per heavy atom. The van der Waals surface area contributed by atoms with Crippen molar-refractivity contribution in [2.75, 3.05) is 26.2 Å². The molecule has 1 atom stereocenters. The number of pyridine rings is 1. The van der Waals surface area contributed by atoms with Crippen molar-refractivity contribution in [3.8, 4) is 0 Å². The van der Waals surface area contributed by atoms with Gasteiger partial charge in [0.2, 0.25) is 0 Å². The van der Waals surface area contributed by atoms with E-state index in [-0.39, 0.29) is 5.41 Å². The topological polar surface area (TPSA) is 28.2 Å². The molecule has 0 spiro atoms. The molecule has 0 bridgehead atoms. The van der Waals surface area contributed by atoms with Crippen molar-refractivity contribution < 1.29 is 0 Å². The minimum Gasteiger partial charge on any atom is -0.314 e. The number of piperazine rings is 1. The van der Waals surface area contributed by atoms with Crippen LogP contribution in [0.15, 0.2) is 22.9 Å². The van der Waals surface area contributed by atoms with E-state index in [1.165, 1.54) is 5.56 Å². The van der Waals surface area contributed by atoms with E-state index in [9.17, 15) is 0 Å². The zero-order valence-corrected chi connectivity index (χ0v) is 13.0. The molecule has 0 radical (unpaired) electrons. The molecule has 3 nitrogen and oxygen atoms in total. The molecule has 2 heterocycles. The number of rotatable bonds is 2. The van der Waals surface area contributed by atoms with E-state index in [4.69, 9.17) is 0 Å². The van der Waals surface area contributed by atoms with E-state index in [0.717, 1.165) is 30.8 Å². The molecule has 1 fully saturated rings. The Hall–Kier alpha value is -0.450. The summed E-state index contributed by atoms with van der Waals surface area (Å²) in [7, 11) is 0. The number of hydrogen-bond donors (Lipinski definition) is 1. The fourth-order valence-corrected chi connectivity index (χ4v) is 3.17. The van der Waals surface area contributed by atoms with Crippen LogP contribution in [0, 0.1) is 5.41 Å².